The first-order valence-corrected chi connectivity index (χ1v) is 15.2. The molecular weight excluding hydrogens is 635 g/mol. The molecule has 4 rings (SSSR count). The molecule has 2 aromatic carbocycles. The standard InChI is InChI=1S/C32H35IN2O6/c1-3-39-20-29(28-18-34-31(41-28)23-10-5-4-6-11-23)40-19-22-13-14-25(30(36)35-27(15-16-33)32(37)38)26(17-22)24-12-8-7-9-21(24)2/h4-6,9-14,17-18,27,29H,3,7-8,15-16,19-20H2,1-2H3,(H,35,36)(H,37,38)/t27-,29-/m0/s1. The van der Waals surface area contributed by atoms with Gasteiger partial charge in [-0.2, -0.15) is 0 Å². The number of carboxylic acid groups (broad SMARTS) is 1. The first-order chi connectivity index (χ1) is 19.9. The van der Waals surface area contributed by atoms with Crippen molar-refractivity contribution in [3.8, 4) is 11.5 Å². The number of carboxylic acids is 1. The molecule has 41 heavy (non-hydrogen) atoms. The topological polar surface area (TPSA) is 111 Å². The lowest BCUT2D eigenvalue weighted by atomic mass is 9.88. The molecule has 1 aromatic heterocycles. The summed E-state index contributed by atoms with van der Waals surface area (Å²) in [7, 11) is 0. The van der Waals surface area contributed by atoms with Gasteiger partial charge in [0, 0.05) is 22.2 Å². The quantitative estimate of drug-likeness (QED) is 0.144. The number of aliphatic carboxylic acids is 1. The zero-order valence-corrected chi connectivity index (χ0v) is 25.4. The van der Waals surface area contributed by atoms with Gasteiger partial charge in [0.15, 0.2) is 5.76 Å². The molecule has 0 fully saturated rings. The number of carbonyl (C=O) groups excluding carboxylic acids is 1. The van der Waals surface area contributed by atoms with E-state index < -0.39 is 24.0 Å². The summed E-state index contributed by atoms with van der Waals surface area (Å²) in [4.78, 5) is 29.4. The van der Waals surface area contributed by atoms with Crippen LogP contribution in [0.5, 0.6) is 0 Å². The number of oxazole rings is 1. The van der Waals surface area contributed by atoms with Gasteiger partial charge in [-0.05, 0) is 79.6 Å². The molecule has 1 aliphatic carbocycles. The van der Waals surface area contributed by atoms with Gasteiger partial charge in [0.05, 0.1) is 19.4 Å². The highest BCUT2D eigenvalue weighted by Gasteiger charge is 2.24. The first kappa shape index (κ1) is 30.7. The SMILES string of the molecule is CCOC[C@H](OCc1ccc(C(=O)N[C@@H](CCI)C(=O)O)c(C2=CCCC=C2C)c1)c1cnc(-c2ccccc2)o1. The molecule has 0 unspecified atom stereocenters. The van der Waals surface area contributed by atoms with Gasteiger partial charge in [-0.15, -0.1) is 0 Å². The number of hydrogen-bond acceptors (Lipinski definition) is 6. The molecule has 3 aromatic rings. The zero-order chi connectivity index (χ0) is 29.2. The summed E-state index contributed by atoms with van der Waals surface area (Å²) in [6, 6.07) is 14.2. The number of nitrogens with one attached hydrogen (secondary N) is 1. The molecule has 0 radical (unpaired) electrons. The smallest absolute Gasteiger partial charge is 0.326 e. The van der Waals surface area contributed by atoms with Crippen molar-refractivity contribution in [2.24, 2.45) is 0 Å². The van der Waals surface area contributed by atoms with E-state index >= 15 is 0 Å². The lowest BCUT2D eigenvalue weighted by Crippen LogP contribution is -2.41. The van der Waals surface area contributed by atoms with Crippen molar-refractivity contribution < 1.29 is 28.6 Å². The van der Waals surface area contributed by atoms with E-state index in [4.69, 9.17) is 13.9 Å². The summed E-state index contributed by atoms with van der Waals surface area (Å²) in [6.07, 6.45) is 7.63. The Balaban J connectivity index is 1.58. The second kappa shape index (κ2) is 15.1. The number of benzene rings is 2. The van der Waals surface area contributed by atoms with Crippen molar-refractivity contribution in [2.75, 3.05) is 17.6 Å². The van der Waals surface area contributed by atoms with Crippen molar-refractivity contribution in [3.05, 3.63) is 94.9 Å². The second-order valence-corrected chi connectivity index (χ2v) is 10.8. The monoisotopic (exact) mass is 670 g/mol. The number of rotatable bonds is 14. The number of nitrogens with zero attached hydrogens (tertiary/aromatic N) is 1. The molecule has 1 amide bonds. The Morgan fingerprint density at radius 1 is 1.15 bits per heavy atom. The molecule has 9 heteroatoms. The van der Waals surface area contributed by atoms with Crippen molar-refractivity contribution >= 4 is 40.0 Å². The highest BCUT2D eigenvalue weighted by Crippen LogP contribution is 2.32. The predicted molar refractivity (Wildman–Crippen MR) is 166 cm³/mol. The summed E-state index contributed by atoms with van der Waals surface area (Å²) in [5, 5.41) is 12.3. The molecule has 0 spiro atoms. The third kappa shape index (κ3) is 8.15. The molecule has 2 N–H and O–H groups in total. The normalized spacial score (nSPS) is 14.6. The second-order valence-electron chi connectivity index (χ2n) is 9.70. The summed E-state index contributed by atoms with van der Waals surface area (Å²) in [5.41, 5.74) is 4.97. The van der Waals surface area contributed by atoms with Gasteiger partial charge >= 0.3 is 5.97 Å². The van der Waals surface area contributed by atoms with Gasteiger partial charge in [0.1, 0.15) is 12.1 Å². The van der Waals surface area contributed by atoms with Gasteiger partial charge < -0.3 is 24.3 Å². The van der Waals surface area contributed by atoms with Crippen LogP contribution in [-0.2, 0) is 20.9 Å². The Morgan fingerprint density at radius 2 is 1.93 bits per heavy atom. The number of hydrogen-bond donors (Lipinski definition) is 2. The van der Waals surface area contributed by atoms with Crippen LogP contribution in [0.2, 0.25) is 0 Å². The molecule has 216 valence electrons. The van der Waals surface area contributed by atoms with E-state index in [2.05, 4.69) is 45.0 Å². The minimum absolute atomic E-state index is 0.247. The molecule has 0 saturated heterocycles. The Labute approximate surface area is 254 Å². The first-order valence-electron chi connectivity index (χ1n) is 13.7. The van der Waals surface area contributed by atoms with Crippen molar-refractivity contribution in [2.45, 2.75) is 51.9 Å². The maximum Gasteiger partial charge on any atom is 0.326 e. The van der Waals surface area contributed by atoms with Crippen molar-refractivity contribution in [3.63, 3.8) is 0 Å². The average Bonchev–Trinajstić information content (AvgIpc) is 3.48. The molecule has 0 bridgehead atoms. The fourth-order valence-corrected chi connectivity index (χ4v) is 5.23. The van der Waals surface area contributed by atoms with E-state index in [0.717, 1.165) is 40.7 Å². The van der Waals surface area contributed by atoms with Crippen LogP contribution in [0.4, 0.5) is 0 Å². The number of amides is 1. The van der Waals surface area contributed by atoms with Gasteiger partial charge in [0.25, 0.3) is 5.91 Å². The Morgan fingerprint density at radius 3 is 2.63 bits per heavy atom. The van der Waals surface area contributed by atoms with Gasteiger partial charge in [-0.25, -0.2) is 9.78 Å². The minimum Gasteiger partial charge on any atom is -0.480 e. The van der Waals surface area contributed by atoms with Crippen LogP contribution in [-0.4, -0.2) is 45.7 Å². The number of alkyl halides is 1. The van der Waals surface area contributed by atoms with Crippen LogP contribution in [0.25, 0.3) is 17.0 Å². The number of halogens is 1. The average molecular weight is 671 g/mol. The number of carbonyl (C=O) groups is 2. The van der Waals surface area contributed by atoms with Gasteiger partial charge in [-0.1, -0.05) is 59.0 Å². The molecule has 0 saturated carbocycles. The highest BCUT2D eigenvalue weighted by atomic mass is 127. The van der Waals surface area contributed by atoms with Crippen LogP contribution in [0.1, 0.15) is 66.5 Å². The minimum atomic E-state index is -1.04. The number of ether oxygens (including phenoxy) is 2. The van der Waals surface area contributed by atoms with Crippen LogP contribution in [0.3, 0.4) is 0 Å². The van der Waals surface area contributed by atoms with Crippen molar-refractivity contribution in [1.82, 2.24) is 10.3 Å². The summed E-state index contributed by atoms with van der Waals surface area (Å²) < 4.78 is 18.6. The number of aromatic nitrogens is 1. The van der Waals surface area contributed by atoms with E-state index in [1.165, 1.54) is 0 Å². The van der Waals surface area contributed by atoms with E-state index in [-0.39, 0.29) is 6.61 Å². The van der Waals surface area contributed by atoms with E-state index in [9.17, 15) is 14.7 Å². The summed E-state index contributed by atoms with van der Waals surface area (Å²) in [5.74, 6) is -0.375. The van der Waals surface area contributed by atoms with Crippen LogP contribution >= 0.6 is 22.6 Å². The third-order valence-corrected chi connectivity index (χ3v) is 7.42. The molecule has 1 heterocycles. The third-order valence-electron chi connectivity index (χ3n) is 6.80. The molecular formula is C32H35IN2O6. The Bertz CT molecular complexity index is 1400. The van der Waals surface area contributed by atoms with Gasteiger partial charge in [0.2, 0.25) is 5.89 Å². The molecule has 0 aliphatic heterocycles. The van der Waals surface area contributed by atoms with Gasteiger partial charge in [-0.3, -0.25) is 4.79 Å². The maximum atomic E-state index is 13.3. The fraction of sp³-hybridized carbons (Fsp3) is 0.344. The van der Waals surface area contributed by atoms with Crippen LogP contribution < -0.4 is 5.32 Å². The van der Waals surface area contributed by atoms with E-state index in [0.29, 0.717) is 41.3 Å². The zero-order valence-electron chi connectivity index (χ0n) is 23.3. The Kier molecular flexibility index (Phi) is 11.3. The van der Waals surface area contributed by atoms with Crippen LogP contribution in [0, 0.1) is 0 Å². The lowest BCUT2D eigenvalue weighted by Gasteiger charge is -2.20. The van der Waals surface area contributed by atoms with E-state index in [1.54, 1.807) is 12.3 Å². The van der Waals surface area contributed by atoms with Crippen LogP contribution in [0.15, 0.2) is 76.9 Å². The largest absolute Gasteiger partial charge is 0.480 e. The lowest BCUT2D eigenvalue weighted by molar-refractivity contribution is -0.139. The van der Waals surface area contributed by atoms with Crippen molar-refractivity contribution in [1.29, 1.82) is 0 Å². The molecule has 1 aliphatic rings. The maximum absolute atomic E-state index is 13.3. The molecule has 2 atom stereocenters. The Hall–Kier alpha value is -3.28. The fourth-order valence-electron chi connectivity index (χ4n) is 4.61. The number of allylic oxidation sites excluding steroid dienone is 4. The summed E-state index contributed by atoms with van der Waals surface area (Å²) >= 11 is 2.11. The summed E-state index contributed by atoms with van der Waals surface area (Å²) in [6.45, 7) is 5.02. The van der Waals surface area contributed by atoms with E-state index in [1.807, 2.05) is 56.3 Å². The highest BCUT2D eigenvalue weighted by molar-refractivity contribution is 14.1. The predicted octanol–water partition coefficient (Wildman–Crippen LogP) is 6.77. The molecule has 8 nitrogen and oxygen atoms in total.